The Labute approximate surface area is 124 Å². The van der Waals surface area contributed by atoms with E-state index in [0.717, 1.165) is 4.88 Å². The molecule has 0 saturated heterocycles. The zero-order valence-electron chi connectivity index (χ0n) is 11.3. The number of carbonyl (C=O) groups excluding carboxylic acids is 2. The van der Waals surface area contributed by atoms with E-state index in [0.29, 0.717) is 0 Å². The van der Waals surface area contributed by atoms with Gasteiger partial charge in [0.2, 0.25) is 0 Å². The lowest BCUT2D eigenvalue weighted by molar-refractivity contribution is -0.141. The standard InChI is InChI=1S/C14H14N2O4S/c1-20-12(17)8-10(11-5-3-7-21-11)16-14(19)9-4-2-6-15-13(9)18/h2-7,10H,8H2,1H3,(H,15,18)(H,16,19). The minimum atomic E-state index is -0.529. The molecule has 0 spiro atoms. The molecule has 6 nitrogen and oxygen atoms in total. The van der Waals surface area contributed by atoms with Crippen molar-refractivity contribution in [2.75, 3.05) is 7.11 Å². The van der Waals surface area contributed by atoms with Gasteiger partial charge in [-0.1, -0.05) is 6.07 Å². The summed E-state index contributed by atoms with van der Waals surface area (Å²) >= 11 is 1.42. The number of hydrogen-bond acceptors (Lipinski definition) is 5. The number of methoxy groups -OCH3 is 1. The number of carbonyl (C=O) groups is 2. The fourth-order valence-electron chi connectivity index (χ4n) is 1.80. The molecule has 0 aliphatic heterocycles. The molecule has 0 aromatic carbocycles. The molecule has 2 aromatic rings. The Balaban J connectivity index is 2.19. The summed E-state index contributed by atoms with van der Waals surface area (Å²) < 4.78 is 4.64. The van der Waals surface area contributed by atoms with Crippen molar-refractivity contribution >= 4 is 23.2 Å². The Kier molecular flexibility index (Phi) is 4.89. The second kappa shape index (κ2) is 6.85. The van der Waals surface area contributed by atoms with Gasteiger partial charge in [0.1, 0.15) is 5.56 Å². The van der Waals surface area contributed by atoms with Gasteiger partial charge in [-0.15, -0.1) is 11.3 Å². The van der Waals surface area contributed by atoms with Crippen LogP contribution in [-0.4, -0.2) is 24.0 Å². The lowest BCUT2D eigenvalue weighted by Gasteiger charge is -2.16. The molecule has 2 heterocycles. The first-order valence-electron chi connectivity index (χ1n) is 6.20. The van der Waals surface area contributed by atoms with Crippen molar-refractivity contribution in [1.82, 2.24) is 10.3 Å². The molecule has 110 valence electrons. The van der Waals surface area contributed by atoms with Crippen LogP contribution in [0.15, 0.2) is 40.6 Å². The Morgan fingerprint density at radius 1 is 1.38 bits per heavy atom. The van der Waals surface area contributed by atoms with Crippen molar-refractivity contribution in [1.29, 1.82) is 0 Å². The molecule has 2 rings (SSSR count). The van der Waals surface area contributed by atoms with Crippen molar-refractivity contribution in [3.8, 4) is 0 Å². The maximum atomic E-state index is 12.2. The minimum absolute atomic E-state index is 0.00363. The lowest BCUT2D eigenvalue weighted by Crippen LogP contribution is -2.33. The van der Waals surface area contributed by atoms with Crippen LogP contribution in [0.4, 0.5) is 0 Å². The first-order valence-corrected chi connectivity index (χ1v) is 7.08. The Morgan fingerprint density at radius 2 is 2.19 bits per heavy atom. The van der Waals surface area contributed by atoms with Gasteiger partial charge in [-0.2, -0.15) is 0 Å². The molecule has 0 aliphatic carbocycles. The number of aromatic amines is 1. The number of esters is 1. The van der Waals surface area contributed by atoms with Gasteiger partial charge in [0.05, 0.1) is 19.6 Å². The second-order valence-corrected chi connectivity index (χ2v) is 5.21. The minimum Gasteiger partial charge on any atom is -0.469 e. The van der Waals surface area contributed by atoms with E-state index in [9.17, 15) is 14.4 Å². The highest BCUT2D eigenvalue weighted by atomic mass is 32.1. The summed E-state index contributed by atoms with van der Waals surface area (Å²) in [5, 5.41) is 4.54. The van der Waals surface area contributed by atoms with Gasteiger partial charge in [-0.3, -0.25) is 14.4 Å². The number of ether oxygens (including phenoxy) is 1. The first kappa shape index (κ1) is 15.0. The summed E-state index contributed by atoms with van der Waals surface area (Å²) in [4.78, 5) is 38.5. The maximum absolute atomic E-state index is 12.2. The third-order valence-corrected chi connectivity index (χ3v) is 3.84. The highest BCUT2D eigenvalue weighted by Gasteiger charge is 2.21. The van der Waals surface area contributed by atoms with E-state index in [1.54, 1.807) is 6.07 Å². The van der Waals surface area contributed by atoms with E-state index in [2.05, 4.69) is 15.0 Å². The molecular formula is C14H14N2O4S. The smallest absolute Gasteiger partial charge is 0.307 e. The summed E-state index contributed by atoms with van der Waals surface area (Å²) in [5.74, 6) is -0.963. The molecule has 0 fully saturated rings. The summed E-state index contributed by atoms with van der Waals surface area (Å²) in [5.41, 5.74) is -0.470. The number of H-pyrrole nitrogens is 1. The predicted octanol–water partition coefficient (Wildman–Crippen LogP) is 1.47. The van der Waals surface area contributed by atoms with Gasteiger partial charge in [0.25, 0.3) is 11.5 Å². The zero-order valence-corrected chi connectivity index (χ0v) is 12.1. The van der Waals surface area contributed by atoms with Crippen LogP contribution in [0.25, 0.3) is 0 Å². The van der Waals surface area contributed by atoms with Crippen LogP contribution in [-0.2, 0) is 9.53 Å². The van der Waals surface area contributed by atoms with E-state index < -0.39 is 23.5 Å². The molecule has 0 saturated carbocycles. The third-order valence-electron chi connectivity index (χ3n) is 2.85. The van der Waals surface area contributed by atoms with Crippen LogP contribution >= 0.6 is 11.3 Å². The van der Waals surface area contributed by atoms with Crippen molar-refractivity contribution in [2.45, 2.75) is 12.5 Å². The molecule has 0 bridgehead atoms. The summed E-state index contributed by atoms with van der Waals surface area (Å²) in [6.45, 7) is 0. The Hall–Kier alpha value is -2.41. The number of nitrogens with one attached hydrogen (secondary N) is 2. The maximum Gasteiger partial charge on any atom is 0.307 e. The van der Waals surface area contributed by atoms with Crippen LogP contribution in [0.5, 0.6) is 0 Å². The van der Waals surface area contributed by atoms with E-state index in [-0.39, 0.29) is 12.0 Å². The third kappa shape index (κ3) is 3.79. The highest BCUT2D eigenvalue weighted by Crippen LogP contribution is 2.22. The molecule has 2 N–H and O–H groups in total. The normalized spacial score (nSPS) is 11.7. The number of pyridine rings is 1. The number of aromatic nitrogens is 1. The van der Waals surface area contributed by atoms with E-state index in [1.807, 2.05) is 17.5 Å². The number of hydrogen-bond donors (Lipinski definition) is 2. The lowest BCUT2D eigenvalue weighted by atomic mass is 10.1. The molecule has 1 unspecified atom stereocenters. The fraction of sp³-hybridized carbons (Fsp3) is 0.214. The van der Waals surface area contributed by atoms with Crippen molar-refractivity contribution in [2.24, 2.45) is 0 Å². The average molecular weight is 306 g/mol. The van der Waals surface area contributed by atoms with E-state index in [1.165, 1.54) is 30.7 Å². The van der Waals surface area contributed by atoms with Gasteiger partial charge in [0, 0.05) is 11.1 Å². The van der Waals surface area contributed by atoms with Crippen molar-refractivity contribution in [3.05, 3.63) is 56.6 Å². The molecule has 0 radical (unpaired) electrons. The largest absolute Gasteiger partial charge is 0.469 e. The summed E-state index contributed by atoms with van der Waals surface area (Å²) in [7, 11) is 1.29. The average Bonchev–Trinajstić information content (AvgIpc) is 3.01. The van der Waals surface area contributed by atoms with Crippen LogP contribution in [0.2, 0.25) is 0 Å². The van der Waals surface area contributed by atoms with Gasteiger partial charge in [0.15, 0.2) is 0 Å². The van der Waals surface area contributed by atoms with Gasteiger partial charge in [-0.05, 0) is 23.6 Å². The van der Waals surface area contributed by atoms with Gasteiger partial charge < -0.3 is 15.0 Å². The zero-order chi connectivity index (χ0) is 15.2. The Morgan fingerprint density at radius 3 is 2.81 bits per heavy atom. The number of rotatable bonds is 5. The molecule has 1 atom stereocenters. The molecule has 21 heavy (non-hydrogen) atoms. The Bertz CT molecular complexity index is 678. The summed E-state index contributed by atoms with van der Waals surface area (Å²) in [6, 6.07) is 6.11. The molecule has 0 aliphatic rings. The van der Waals surface area contributed by atoms with Crippen LogP contribution in [0, 0.1) is 0 Å². The predicted molar refractivity (Wildman–Crippen MR) is 78.2 cm³/mol. The molecular weight excluding hydrogens is 292 g/mol. The summed E-state index contributed by atoms with van der Waals surface area (Å²) in [6.07, 6.45) is 1.46. The quantitative estimate of drug-likeness (QED) is 0.819. The number of amides is 1. The topological polar surface area (TPSA) is 88.3 Å². The fourth-order valence-corrected chi connectivity index (χ4v) is 2.58. The van der Waals surface area contributed by atoms with E-state index >= 15 is 0 Å². The monoisotopic (exact) mass is 306 g/mol. The van der Waals surface area contributed by atoms with Crippen LogP contribution < -0.4 is 10.9 Å². The first-order chi connectivity index (χ1) is 10.1. The van der Waals surface area contributed by atoms with Crippen LogP contribution in [0.3, 0.4) is 0 Å². The molecule has 7 heteroatoms. The van der Waals surface area contributed by atoms with E-state index in [4.69, 9.17) is 0 Å². The van der Waals surface area contributed by atoms with Crippen molar-refractivity contribution in [3.63, 3.8) is 0 Å². The molecule has 2 aromatic heterocycles. The van der Waals surface area contributed by atoms with Gasteiger partial charge >= 0.3 is 5.97 Å². The van der Waals surface area contributed by atoms with Crippen molar-refractivity contribution < 1.29 is 14.3 Å². The van der Waals surface area contributed by atoms with Crippen LogP contribution in [0.1, 0.15) is 27.7 Å². The molecule has 1 amide bonds. The number of thiophene rings is 1. The second-order valence-electron chi connectivity index (χ2n) is 4.23. The van der Waals surface area contributed by atoms with Gasteiger partial charge in [-0.25, -0.2) is 0 Å². The SMILES string of the molecule is COC(=O)CC(NC(=O)c1ccc[nH]c1=O)c1cccs1. The highest BCUT2D eigenvalue weighted by molar-refractivity contribution is 7.10.